The zero-order chi connectivity index (χ0) is 34.3. The normalized spacial score (nSPS) is 11.3. The maximum atomic E-state index is 5.06. The molecule has 6 aromatic carbocycles. The van der Waals surface area contributed by atoms with Crippen LogP contribution in [0.2, 0.25) is 0 Å². The van der Waals surface area contributed by atoms with Crippen LogP contribution >= 0.6 is 0 Å². The summed E-state index contributed by atoms with van der Waals surface area (Å²) in [6.07, 6.45) is 1.84. The zero-order valence-electron chi connectivity index (χ0n) is 28.3. The standard InChI is InChI=1S/C46H33N5/c1-30-15-9-10-21-35(30)42-31(2)16-13-23-36(42)34-26-27-41-39(29-34)37-22-11-12-25-40(37)51(41)46-38(24-14-28-47-46)45-49-43(32-17-5-3-6-18-32)48-44(50-45)33-19-7-4-8-20-33/h3-29H,1-2H3. The van der Waals surface area contributed by atoms with E-state index in [0.29, 0.717) is 17.5 Å². The molecular weight excluding hydrogens is 623 g/mol. The largest absolute Gasteiger partial charge is 0.293 e. The second kappa shape index (κ2) is 12.6. The van der Waals surface area contributed by atoms with Gasteiger partial charge in [-0.2, -0.15) is 0 Å². The molecule has 0 aliphatic carbocycles. The van der Waals surface area contributed by atoms with E-state index < -0.39 is 0 Å². The molecule has 9 rings (SSSR count). The Labute approximate surface area is 296 Å². The Balaban J connectivity index is 1.26. The first-order valence-electron chi connectivity index (χ1n) is 17.2. The lowest BCUT2D eigenvalue weighted by molar-refractivity contribution is 1.04. The smallest absolute Gasteiger partial charge is 0.167 e. The molecule has 0 spiro atoms. The molecule has 51 heavy (non-hydrogen) atoms. The van der Waals surface area contributed by atoms with E-state index in [-0.39, 0.29) is 0 Å². The molecule has 3 heterocycles. The molecule has 0 fully saturated rings. The second-order valence-corrected chi connectivity index (χ2v) is 12.8. The predicted octanol–water partition coefficient (Wildman–Crippen LogP) is 11.3. The molecule has 3 aromatic heterocycles. The first-order valence-corrected chi connectivity index (χ1v) is 17.2. The Bertz CT molecular complexity index is 2660. The van der Waals surface area contributed by atoms with E-state index in [2.05, 4.69) is 109 Å². The lowest BCUT2D eigenvalue weighted by Gasteiger charge is -2.16. The van der Waals surface area contributed by atoms with Crippen LogP contribution in [0.4, 0.5) is 0 Å². The summed E-state index contributed by atoms with van der Waals surface area (Å²) in [4.78, 5) is 20.1. The highest BCUT2D eigenvalue weighted by Gasteiger charge is 2.21. The summed E-state index contributed by atoms with van der Waals surface area (Å²) in [5.41, 5.74) is 12.2. The van der Waals surface area contributed by atoms with Gasteiger partial charge in [-0.15, -0.1) is 0 Å². The van der Waals surface area contributed by atoms with Crippen molar-refractivity contribution in [3.8, 4) is 62.2 Å². The van der Waals surface area contributed by atoms with Crippen LogP contribution in [0.25, 0.3) is 84.0 Å². The summed E-state index contributed by atoms with van der Waals surface area (Å²) in [6.45, 7) is 4.39. The van der Waals surface area contributed by atoms with Crippen molar-refractivity contribution in [1.82, 2.24) is 24.5 Å². The Morgan fingerprint density at radius 1 is 0.412 bits per heavy atom. The highest BCUT2D eigenvalue weighted by atomic mass is 15.1. The lowest BCUT2D eigenvalue weighted by Crippen LogP contribution is -2.05. The minimum atomic E-state index is 0.566. The quantitative estimate of drug-likeness (QED) is 0.179. The fourth-order valence-electron chi connectivity index (χ4n) is 7.17. The van der Waals surface area contributed by atoms with Crippen molar-refractivity contribution in [2.75, 3.05) is 0 Å². The van der Waals surface area contributed by atoms with Crippen molar-refractivity contribution in [3.63, 3.8) is 0 Å². The molecule has 0 atom stereocenters. The molecule has 5 heteroatoms. The summed E-state index contributed by atoms with van der Waals surface area (Å²) in [7, 11) is 0. The molecule has 5 nitrogen and oxygen atoms in total. The van der Waals surface area contributed by atoms with Crippen LogP contribution < -0.4 is 0 Å². The van der Waals surface area contributed by atoms with Crippen molar-refractivity contribution in [3.05, 3.63) is 175 Å². The summed E-state index contributed by atoms with van der Waals surface area (Å²) >= 11 is 0. The highest BCUT2D eigenvalue weighted by Crippen LogP contribution is 2.41. The van der Waals surface area contributed by atoms with Gasteiger partial charge >= 0.3 is 0 Å². The molecule has 0 aliphatic heterocycles. The van der Waals surface area contributed by atoms with Gasteiger partial charge in [0.1, 0.15) is 5.82 Å². The molecule has 0 radical (unpaired) electrons. The summed E-state index contributed by atoms with van der Waals surface area (Å²) in [5, 5.41) is 2.31. The lowest BCUT2D eigenvalue weighted by atomic mass is 9.88. The van der Waals surface area contributed by atoms with E-state index in [1.54, 1.807) is 0 Å². The number of benzene rings is 6. The molecule has 0 unspecified atom stereocenters. The van der Waals surface area contributed by atoms with Gasteiger partial charge in [-0.25, -0.2) is 19.9 Å². The van der Waals surface area contributed by atoms with Gasteiger partial charge in [-0.05, 0) is 77.6 Å². The van der Waals surface area contributed by atoms with Gasteiger partial charge in [0.15, 0.2) is 17.5 Å². The summed E-state index contributed by atoms with van der Waals surface area (Å²) < 4.78 is 2.25. The van der Waals surface area contributed by atoms with Gasteiger partial charge in [0.2, 0.25) is 0 Å². The minimum absolute atomic E-state index is 0.566. The van der Waals surface area contributed by atoms with Gasteiger partial charge < -0.3 is 0 Å². The van der Waals surface area contributed by atoms with Crippen LogP contribution in [-0.2, 0) is 0 Å². The third kappa shape index (κ3) is 5.36. The van der Waals surface area contributed by atoms with Gasteiger partial charge in [0, 0.05) is 28.1 Å². The number of hydrogen-bond donors (Lipinski definition) is 0. The molecule has 9 aromatic rings. The van der Waals surface area contributed by atoms with Crippen LogP contribution in [0.3, 0.4) is 0 Å². The number of nitrogens with zero attached hydrogens (tertiary/aromatic N) is 5. The molecule has 0 aliphatic rings. The number of fused-ring (bicyclic) bond motifs is 3. The monoisotopic (exact) mass is 655 g/mol. The first-order chi connectivity index (χ1) is 25.1. The fraction of sp³-hybridized carbons (Fsp3) is 0.0435. The van der Waals surface area contributed by atoms with Crippen molar-refractivity contribution < 1.29 is 0 Å². The molecule has 0 bridgehead atoms. The van der Waals surface area contributed by atoms with Crippen LogP contribution in [0.15, 0.2) is 164 Å². The van der Waals surface area contributed by atoms with E-state index >= 15 is 0 Å². The summed E-state index contributed by atoms with van der Waals surface area (Å²) in [5.74, 6) is 2.56. The van der Waals surface area contributed by atoms with E-state index in [4.69, 9.17) is 19.9 Å². The van der Waals surface area contributed by atoms with Crippen molar-refractivity contribution >= 4 is 21.8 Å². The van der Waals surface area contributed by atoms with E-state index in [1.807, 2.05) is 72.9 Å². The maximum Gasteiger partial charge on any atom is 0.167 e. The molecule has 0 amide bonds. The van der Waals surface area contributed by atoms with Crippen LogP contribution in [0.5, 0.6) is 0 Å². The fourth-order valence-corrected chi connectivity index (χ4v) is 7.17. The van der Waals surface area contributed by atoms with Gasteiger partial charge in [0.25, 0.3) is 0 Å². The number of rotatable bonds is 6. The molecule has 242 valence electrons. The second-order valence-electron chi connectivity index (χ2n) is 12.8. The van der Waals surface area contributed by atoms with E-state index in [9.17, 15) is 0 Å². The SMILES string of the molecule is Cc1ccccc1-c1c(C)cccc1-c1ccc2c(c1)c1ccccc1n2-c1ncccc1-c1nc(-c2ccccc2)nc(-c2ccccc2)n1. The molecule has 0 N–H and O–H groups in total. The zero-order valence-corrected chi connectivity index (χ0v) is 28.3. The van der Waals surface area contributed by atoms with Crippen LogP contribution in [0, 0.1) is 13.8 Å². The summed E-state index contributed by atoms with van der Waals surface area (Å²) in [6, 6.07) is 54.7. The molecular formula is C46H33N5. The Hall–Kier alpha value is -6.72. The predicted molar refractivity (Wildman–Crippen MR) is 209 cm³/mol. The number of aryl methyl sites for hydroxylation is 2. The third-order valence-electron chi connectivity index (χ3n) is 9.61. The van der Waals surface area contributed by atoms with Crippen molar-refractivity contribution in [2.24, 2.45) is 0 Å². The van der Waals surface area contributed by atoms with Crippen LogP contribution in [0.1, 0.15) is 11.1 Å². The minimum Gasteiger partial charge on any atom is -0.293 e. The molecule has 0 saturated carbocycles. The Morgan fingerprint density at radius 2 is 1.00 bits per heavy atom. The Morgan fingerprint density at radius 3 is 1.75 bits per heavy atom. The average Bonchev–Trinajstić information content (AvgIpc) is 3.52. The van der Waals surface area contributed by atoms with Crippen LogP contribution in [-0.4, -0.2) is 24.5 Å². The number of hydrogen-bond acceptors (Lipinski definition) is 4. The van der Waals surface area contributed by atoms with Gasteiger partial charge in [-0.3, -0.25) is 4.57 Å². The van der Waals surface area contributed by atoms with Gasteiger partial charge in [0.05, 0.1) is 16.6 Å². The maximum absolute atomic E-state index is 5.06. The van der Waals surface area contributed by atoms with E-state index in [1.165, 1.54) is 33.4 Å². The van der Waals surface area contributed by atoms with Gasteiger partial charge in [-0.1, -0.05) is 127 Å². The Kier molecular flexibility index (Phi) is 7.51. The van der Waals surface area contributed by atoms with Crippen molar-refractivity contribution in [2.45, 2.75) is 13.8 Å². The van der Waals surface area contributed by atoms with E-state index in [0.717, 1.165) is 44.3 Å². The third-order valence-corrected chi connectivity index (χ3v) is 9.61. The van der Waals surface area contributed by atoms with Crippen molar-refractivity contribution in [1.29, 1.82) is 0 Å². The first kappa shape index (κ1) is 30.3. The number of para-hydroxylation sites is 1. The number of pyridine rings is 1. The highest BCUT2D eigenvalue weighted by molar-refractivity contribution is 6.11. The molecule has 0 saturated heterocycles. The average molecular weight is 656 g/mol. The topological polar surface area (TPSA) is 56.5 Å². The number of aromatic nitrogens is 5.